The fourth-order valence-electron chi connectivity index (χ4n) is 2.25. The fourth-order valence-corrected chi connectivity index (χ4v) is 3.81. The number of carbonyl (C=O) groups is 1. The third-order valence-electron chi connectivity index (χ3n) is 3.37. The molecular formula is C13H17NO4S. The van der Waals surface area contributed by atoms with Gasteiger partial charge < -0.3 is 10.0 Å². The van der Waals surface area contributed by atoms with Crippen molar-refractivity contribution >= 4 is 15.7 Å². The number of aromatic hydroxyl groups is 1. The number of hydrogen-bond acceptors (Lipinski definition) is 4. The summed E-state index contributed by atoms with van der Waals surface area (Å²) >= 11 is 0. The van der Waals surface area contributed by atoms with Crippen LogP contribution in [0, 0.1) is 6.92 Å². The van der Waals surface area contributed by atoms with Crippen molar-refractivity contribution in [2.45, 2.75) is 19.9 Å². The molecule has 5 nitrogen and oxygen atoms in total. The largest absolute Gasteiger partial charge is 0.508 e. The number of rotatable bonds is 1. The van der Waals surface area contributed by atoms with Crippen LogP contribution in [0.5, 0.6) is 5.75 Å². The summed E-state index contributed by atoms with van der Waals surface area (Å²) < 4.78 is 23.0. The first-order valence-corrected chi connectivity index (χ1v) is 7.93. The molecule has 1 aromatic carbocycles. The Bertz CT molecular complexity index is 609. The first-order chi connectivity index (χ1) is 8.80. The summed E-state index contributed by atoms with van der Waals surface area (Å²) in [6.45, 7) is 3.68. The Labute approximate surface area is 112 Å². The molecule has 1 heterocycles. The summed E-state index contributed by atoms with van der Waals surface area (Å²) in [5.41, 5.74) is 1.10. The van der Waals surface area contributed by atoms with Crippen LogP contribution in [0.3, 0.4) is 0 Å². The second-order valence-electron chi connectivity index (χ2n) is 4.96. The minimum atomic E-state index is -3.03. The lowest BCUT2D eigenvalue weighted by molar-refractivity contribution is 0.0712. The molecule has 19 heavy (non-hydrogen) atoms. The summed E-state index contributed by atoms with van der Waals surface area (Å²) in [6, 6.07) is 4.34. The predicted molar refractivity (Wildman–Crippen MR) is 72.0 cm³/mol. The van der Waals surface area contributed by atoms with Gasteiger partial charge in [-0.3, -0.25) is 4.79 Å². The van der Waals surface area contributed by atoms with Gasteiger partial charge in [0.1, 0.15) is 5.75 Å². The second kappa shape index (κ2) is 4.85. The molecule has 1 unspecified atom stereocenters. The number of phenolic OH excluding ortho intramolecular Hbond substituents is 1. The number of sulfone groups is 1. The van der Waals surface area contributed by atoms with Crippen LogP contribution in [0.1, 0.15) is 22.8 Å². The van der Waals surface area contributed by atoms with Crippen LogP contribution in [0.4, 0.5) is 0 Å². The Morgan fingerprint density at radius 3 is 2.68 bits per heavy atom. The van der Waals surface area contributed by atoms with Gasteiger partial charge in [0.2, 0.25) is 0 Å². The van der Waals surface area contributed by atoms with E-state index in [1.807, 2.05) is 0 Å². The molecule has 0 spiro atoms. The van der Waals surface area contributed by atoms with Gasteiger partial charge in [-0.2, -0.15) is 0 Å². The fraction of sp³-hybridized carbons (Fsp3) is 0.462. The summed E-state index contributed by atoms with van der Waals surface area (Å²) in [5, 5.41) is 9.45. The smallest absolute Gasteiger partial charge is 0.254 e. The van der Waals surface area contributed by atoms with E-state index in [0.717, 1.165) is 0 Å². The Hall–Kier alpha value is -1.56. The molecule has 1 amide bonds. The molecule has 0 bridgehead atoms. The van der Waals surface area contributed by atoms with Crippen molar-refractivity contribution in [3.8, 4) is 5.75 Å². The molecule has 6 heteroatoms. The first kappa shape index (κ1) is 13.9. The van der Waals surface area contributed by atoms with Crippen LogP contribution in [-0.4, -0.2) is 48.4 Å². The highest BCUT2D eigenvalue weighted by molar-refractivity contribution is 7.91. The average molecular weight is 283 g/mol. The zero-order valence-corrected chi connectivity index (χ0v) is 11.8. The van der Waals surface area contributed by atoms with Crippen LogP contribution in [0.25, 0.3) is 0 Å². The Balaban J connectivity index is 2.22. The molecule has 104 valence electrons. The standard InChI is InChI=1S/C13H17NO4S/c1-9-7-11(3-4-12(9)15)13(16)14-5-6-19(17,18)8-10(14)2/h3-4,7,10,15H,5-6,8H2,1-2H3. The average Bonchev–Trinajstić information content (AvgIpc) is 2.31. The third kappa shape index (κ3) is 2.89. The molecule has 1 N–H and O–H groups in total. The molecule has 1 atom stereocenters. The van der Waals surface area contributed by atoms with Crippen molar-refractivity contribution < 1.29 is 18.3 Å². The number of benzene rings is 1. The lowest BCUT2D eigenvalue weighted by atomic mass is 10.1. The van der Waals surface area contributed by atoms with Crippen LogP contribution < -0.4 is 0 Å². The first-order valence-electron chi connectivity index (χ1n) is 6.11. The maximum atomic E-state index is 12.3. The van der Waals surface area contributed by atoms with Crippen LogP contribution in [0.2, 0.25) is 0 Å². The topological polar surface area (TPSA) is 74.7 Å². The van der Waals surface area contributed by atoms with E-state index in [4.69, 9.17) is 0 Å². The highest BCUT2D eigenvalue weighted by atomic mass is 32.2. The van der Waals surface area contributed by atoms with Gasteiger partial charge in [-0.15, -0.1) is 0 Å². The Kier molecular flexibility index (Phi) is 3.54. The van der Waals surface area contributed by atoms with Crippen LogP contribution in [-0.2, 0) is 9.84 Å². The normalized spacial score (nSPS) is 22.2. The highest BCUT2D eigenvalue weighted by Gasteiger charge is 2.31. The van der Waals surface area contributed by atoms with Crippen molar-refractivity contribution in [1.29, 1.82) is 0 Å². The third-order valence-corrected chi connectivity index (χ3v) is 5.17. The van der Waals surface area contributed by atoms with Gasteiger partial charge in [0.15, 0.2) is 9.84 Å². The number of carbonyl (C=O) groups excluding carboxylic acids is 1. The summed E-state index contributed by atoms with van der Waals surface area (Å²) in [4.78, 5) is 13.9. The number of aryl methyl sites for hydroxylation is 1. The lowest BCUT2D eigenvalue weighted by Crippen LogP contribution is -2.49. The summed E-state index contributed by atoms with van der Waals surface area (Å²) in [7, 11) is -3.03. The zero-order valence-electron chi connectivity index (χ0n) is 11.0. The van der Waals surface area contributed by atoms with E-state index < -0.39 is 9.84 Å². The van der Waals surface area contributed by atoms with E-state index in [1.54, 1.807) is 30.9 Å². The summed E-state index contributed by atoms with van der Waals surface area (Å²) in [6.07, 6.45) is 0. The molecule has 2 rings (SSSR count). The van der Waals surface area contributed by atoms with E-state index in [-0.39, 0.29) is 35.7 Å². The quantitative estimate of drug-likeness (QED) is 0.833. The number of amides is 1. The van der Waals surface area contributed by atoms with Gasteiger partial charge in [0, 0.05) is 18.2 Å². The highest BCUT2D eigenvalue weighted by Crippen LogP contribution is 2.20. The van der Waals surface area contributed by atoms with Gasteiger partial charge in [-0.05, 0) is 37.6 Å². The molecular weight excluding hydrogens is 266 g/mol. The molecule has 1 aliphatic heterocycles. The Morgan fingerprint density at radius 1 is 1.42 bits per heavy atom. The maximum absolute atomic E-state index is 12.3. The van der Waals surface area contributed by atoms with Gasteiger partial charge in [-0.25, -0.2) is 8.42 Å². The van der Waals surface area contributed by atoms with Crippen molar-refractivity contribution in [2.24, 2.45) is 0 Å². The van der Waals surface area contributed by atoms with Crippen molar-refractivity contribution in [2.75, 3.05) is 18.1 Å². The molecule has 1 fully saturated rings. The zero-order chi connectivity index (χ0) is 14.2. The van der Waals surface area contributed by atoms with Gasteiger partial charge in [-0.1, -0.05) is 0 Å². The number of hydrogen-bond donors (Lipinski definition) is 1. The van der Waals surface area contributed by atoms with E-state index in [2.05, 4.69) is 0 Å². The van der Waals surface area contributed by atoms with E-state index in [9.17, 15) is 18.3 Å². The van der Waals surface area contributed by atoms with Crippen LogP contribution in [0.15, 0.2) is 18.2 Å². The molecule has 0 aromatic heterocycles. The van der Waals surface area contributed by atoms with Crippen molar-refractivity contribution in [1.82, 2.24) is 4.90 Å². The minimum Gasteiger partial charge on any atom is -0.508 e. The monoisotopic (exact) mass is 283 g/mol. The molecule has 0 aliphatic carbocycles. The van der Waals surface area contributed by atoms with Gasteiger partial charge in [0.05, 0.1) is 11.5 Å². The lowest BCUT2D eigenvalue weighted by Gasteiger charge is -2.33. The predicted octanol–water partition coefficient (Wildman–Crippen LogP) is 0.960. The SMILES string of the molecule is Cc1cc(C(=O)N2CCS(=O)(=O)CC2C)ccc1O. The van der Waals surface area contributed by atoms with E-state index >= 15 is 0 Å². The molecule has 0 saturated carbocycles. The van der Waals surface area contributed by atoms with Gasteiger partial charge >= 0.3 is 0 Å². The van der Waals surface area contributed by atoms with E-state index in [1.165, 1.54) is 6.07 Å². The molecule has 1 saturated heterocycles. The van der Waals surface area contributed by atoms with Crippen LogP contribution >= 0.6 is 0 Å². The molecule has 0 radical (unpaired) electrons. The van der Waals surface area contributed by atoms with Crippen molar-refractivity contribution in [3.63, 3.8) is 0 Å². The van der Waals surface area contributed by atoms with E-state index in [0.29, 0.717) is 11.1 Å². The minimum absolute atomic E-state index is 0.00973. The second-order valence-corrected chi connectivity index (χ2v) is 7.19. The molecule has 1 aliphatic rings. The Morgan fingerprint density at radius 2 is 2.11 bits per heavy atom. The molecule has 1 aromatic rings. The summed E-state index contributed by atoms with van der Waals surface area (Å²) in [5.74, 6) is -0.0213. The van der Waals surface area contributed by atoms with Gasteiger partial charge in [0.25, 0.3) is 5.91 Å². The maximum Gasteiger partial charge on any atom is 0.254 e. The number of phenols is 1. The van der Waals surface area contributed by atoms with Crippen molar-refractivity contribution in [3.05, 3.63) is 29.3 Å². The number of nitrogens with zero attached hydrogens (tertiary/aromatic N) is 1.